The average Bonchev–Trinajstić information content (AvgIpc) is 2.82. The summed E-state index contributed by atoms with van der Waals surface area (Å²) in [6.45, 7) is 0. The Balaban J connectivity index is 1.49. The molecule has 0 amide bonds. The topological polar surface area (TPSA) is 85.5 Å². The Morgan fingerprint density at radius 1 is 0.667 bits per heavy atom. The van der Waals surface area contributed by atoms with Crippen molar-refractivity contribution in [2.75, 3.05) is 5.01 Å². The number of nitrogens with two attached hydrogens (primary N) is 1. The first kappa shape index (κ1) is 22.0. The molecule has 0 spiro atoms. The van der Waals surface area contributed by atoms with E-state index in [2.05, 4.69) is 15.5 Å². The van der Waals surface area contributed by atoms with Crippen LogP contribution in [-0.4, -0.2) is 9.97 Å². The van der Waals surface area contributed by atoms with Crippen molar-refractivity contribution in [3.63, 3.8) is 0 Å². The van der Waals surface area contributed by atoms with Crippen LogP contribution < -0.4 is 25.9 Å². The fourth-order valence-electron chi connectivity index (χ4n) is 2.78. The smallest absolute Gasteiger partial charge is 0.219 e. The second-order valence-corrected chi connectivity index (χ2v) is 6.48. The molecule has 0 unspecified atom stereocenters. The van der Waals surface area contributed by atoms with Crippen molar-refractivity contribution >= 4 is 11.4 Å². The minimum atomic E-state index is -1.12. The Kier molecular flexibility index (Phi) is 6.33. The number of anilines is 2. The zero-order valence-corrected chi connectivity index (χ0v) is 16.7. The highest BCUT2D eigenvalue weighted by atomic mass is 19.2. The Morgan fingerprint density at radius 3 is 1.48 bits per heavy atom. The summed E-state index contributed by atoms with van der Waals surface area (Å²) in [6, 6.07) is 13.1. The number of hydrazine groups is 2. The summed E-state index contributed by atoms with van der Waals surface area (Å²) in [5, 5.41) is 1.40. The van der Waals surface area contributed by atoms with E-state index in [1.807, 2.05) is 0 Å². The van der Waals surface area contributed by atoms with E-state index in [0.717, 1.165) is 12.1 Å². The van der Waals surface area contributed by atoms with E-state index in [1.54, 1.807) is 12.1 Å². The number of nitrogens with zero attached hydrogens (tertiary/aromatic N) is 3. The van der Waals surface area contributed by atoms with Gasteiger partial charge in [-0.15, -0.1) is 0 Å². The molecule has 0 fully saturated rings. The van der Waals surface area contributed by atoms with Gasteiger partial charge in [0.25, 0.3) is 0 Å². The molecule has 168 valence electrons. The Morgan fingerprint density at radius 2 is 1.12 bits per heavy atom. The highest BCUT2D eigenvalue weighted by molar-refractivity contribution is 5.60. The highest BCUT2D eigenvalue weighted by Gasteiger charge is 2.14. The lowest BCUT2D eigenvalue weighted by Gasteiger charge is -2.22. The van der Waals surface area contributed by atoms with Crippen LogP contribution in [0.2, 0.25) is 0 Å². The maximum atomic E-state index is 13.8. The Hall–Kier alpha value is -4.22. The van der Waals surface area contributed by atoms with Gasteiger partial charge in [0.2, 0.25) is 23.4 Å². The second-order valence-electron chi connectivity index (χ2n) is 6.48. The van der Waals surface area contributed by atoms with E-state index in [1.165, 1.54) is 53.8 Å². The van der Waals surface area contributed by atoms with Gasteiger partial charge in [-0.05, 0) is 36.4 Å². The molecule has 33 heavy (non-hydrogen) atoms. The molecule has 11 heteroatoms. The fourth-order valence-corrected chi connectivity index (χ4v) is 2.78. The van der Waals surface area contributed by atoms with Gasteiger partial charge in [0.05, 0.1) is 23.8 Å². The minimum Gasteiger partial charge on any atom is -0.436 e. The molecule has 0 atom stereocenters. The van der Waals surface area contributed by atoms with Gasteiger partial charge >= 0.3 is 0 Å². The van der Waals surface area contributed by atoms with Crippen molar-refractivity contribution < 1.29 is 27.0 Å². The molecule has 2 heterocycles. The molecule has 0 radical (unpaired) electrons. The van der Waals surface area contributed by atoms with Crippen molar-refractivity contribution in [2.45, 2.75) is 0 Å². The summed E-state index contributed by atoms with van der Waals surface area (Å²) in [7, 11) is 0. The van der Waals surface area contributed by atoms with Gasteiger partial charge in [0.1, 0.15) is 0 Å². The van der Waals surface area contributed by atoms with E-state index >= 15 is 0 Å². The van der Waals surface area contributed by atoms with Crippen LogP contribution in [0.4, 0.5) is 28.9 Å². The molecule has 3 N–H and O–H groups in total. The van der Waals surface area contributed by atoms with Gasteiger partial charge in [0.15, 0.2) is 23.1 Å². The number of halogens is 4. The molecule has 2 aromatic heterocycles. The monoisotopic (exact) mass is 457 g/mol. The lowest BCUT2D eigenvalue weighted by atomic mass is 10.3. The third-order valence-electron chi connectivity index (χ3n) is 4.35. The number of rotatable bonds is 7. The molecule has 2 aromatic carbocycles. The van der Waals surface area contributed by atoms with Crippen molar-refractivity contribution in [1.82, 2.24) is 15.5 Å². The lowest BCUT2D eigenvalue weighted by molar-refractivity contribution is 0.405. The number of hydrogen-bond acceptors (Lipinski definition) is 7. The number of hydrogen-bond donors (Lipinski definition) is 2. The highest BCUT2D eigenvalue weighted by Crippen LogP contribution is 2.29. The molecule has 4 aromatic rings. The van der Waals surface area contributed by atoms with E-state index in [4.69, 9.17) is 15.3 Å². The first-order valence-electron chi connectivity index (χ1n) is 9.38. The van der Waals surface area contributed by atoms with Gasteiger partial charge in [0, 0.05) is 12.1 Å². The van der Waals surface area contributed by atoms with Crippen LogP contribution in [0.15, 0.2) is 73.1 Å². The SMILES string of the molecule is NNN(c1ccc(Oc2cccc(F)c2F)nc1)c1ccc(Oc2cccc(F)c2F)nc1. The summed E-state index contributed by atoms with van der Waals surface area (Å²) >= 11 is 0. The molecule has 0 bridgehead atoms. The molecular weight excluding hydrogens is 442 g/mol. The van der Waals surface area contributed by atoms with Gasteiger partial charge in [-0.25, -0.2) is 18.7 Å². The standard InChI is InChI=1S/C22H15F4N5O2/c23-15-3-1-5-17(21(15)25)32-19-9-7-13(11-28-19)31(30-27)14-8-10-20(29-12-14)33-18-6-2-4-16(24)22(18)26/h1-12,30H,27H2. The first-order valence-corrected chi connectivity index (χ1v) is 9.38. The van der Waals surface area contributed by atoms with Crippen molar-refractivity contribution in [3.05, 3.63) is 96.3 Å². The number of nitrogens with one attached hydrogen (secondary N) is 1. The minimum absolute atomic E-state index is 0.0271. The predicted molar refractivity (Wildman–Crippen MR) is 111 cm³/mol. The van der Waals surface area contributed by atoms with Crippen LogP contribution >= 0.6 is 0 Å². The predicted octanol–water partition coefficient (Wildman–Crippen LogP) is 5.13. The molecule has 0 saturated heterocycles. The molecule has 0 saturated carbocycles. The Bertz CT molecular complexity index is 1160. The summed E-state index contributed by atoms with van der Waals surface area (Å²) in [5.74, 6) is 0.721. The number of aromatic nitrogens is 2. The van der Waals surface area contributed by atoms with Crippen molar-refractivity contribution in [1.29, 1.82) is 0 Å². The van der Waals surface area contributed by atoms with Gasteiger partial charge in [-0.1, -0.05) is 12.1 Å². The maximum absolute atomic E-state index is 13.8. The normalized spacial score (nSPS) is 10.7. The van der Waals surface area contributed by atoms with E-state index in [-0.39, 0.29) is 23.3 Å². The zero-order chi connectivity index (χ0) is 23.4. The van der Waals surface area contributed by atoms with E-state index in [9.17, 15) is 17.6 Å². The molecule has 0 aliphatic heterocycles. The van der Waals surface area contributed by atoms with Crippen LogP contribution in [0.3, 0.4) is 0 Å². The molecular formula is C22H15F4N5O2. The largest absolute Gasteiger partial charge is 0.436 e. The lowest BCUT2D eigenvalue weighted by Crippen LogP contribution is -2.39. The number of pyridine rings is 2. The molecule has 0 aliphatic carbocycles. The number of ether oxygens (including phenoxy) is 2. The third-order valence-corrected chi connectivity index (χ3v) is 4.35. The summed E-state index contributed by atoms with van der Waals surface area (Å²) in [4.78, 5) is 8.12. The van der Waals surface area contributed by atoms with Crippen LogP contribution in [0.25, 0.3) is 0 Å². The van der Waals surface area contributed by atoms with Crippen LogP contribution in [0, 0.1) is 23.3 Å². The molecule has 4 rings (SSSR count). The van der Waals surface area contributed by atoms with E-state index < -0.39 is 23.3 Å². The third kappa shape index (κ3) is 4.84. The maximum Gasteiger partial charge on any atom is 0.219 e. The van der Waals surface area contributed by atoms with Crippen LogP contribution in [0.5, 0.6) is 23.3 Å². The average molecular weight is 457 g/mol. The quantitative estimate of drug-likeness (QED) is 0.226. The van der Waals surface area contributed by atoms with Crippen molar-refractivity contribution in [2.24, 2.45) is 5.84 Å². The zero-order valence-electron chi connectivity index (χ0n) is 16.7. The van der Waals surface area contributed by atoms with Crippen LogP contribution in [0.1, 0.15) is 0 Å². The number of benzene rings is 2. The first-order chi connectivity index (χ1) is 16.0. The van der Waals surface area contributed by atoms with E-state index in [0.29, 0.717) is 11.4 Å². The van der Waals surface area contributed by atoms with Crippen molar-refractivity contribution in [3.8, 4) is 23.3 Å². The second kappa shape index (κ2) is 9.51. The van der Waals surface area contributed by atoms with Gasteiger partial charge in [-0.3, -0.25) is 10.9 Å². The van der Waals surface area contributed by atoms with Gasteiger partial charge < -0.3 is 9.47 Å². The summed E-state index contributed by atoms with van der Waals surface area (Å²) in [6.07, 6.45) is 2.75. The van der Waals surface area contributed by atoms with Gasteiger partial charge in [-0.2, -0.15) is 14.3 Å². The molecule has 0 aliphatic rings. The molecule has 7 nitrogen and oxygen atoms in total. The fraction of sp³-hybridized carbons (Fsp3) is 0. The Labute approximate surface area is 185 Å². The summed E-state index contributed by atoms with van der Waals surface area (Å²) in [5.41, 5.74) is 3.37. The van der Waals surface area contributed by atoms with Crippen LogP contribution in [-0.2, 0) is 0 Å². The summed E-state index contributed by atoms with van der Waals surface area (Å²) < 4.78 is 64.7.